The smallest absolute Gasteiger partial charge is 0.260 e. The molecule has 5 aromatic rings. The number of ketones is 1. The number of carbonyl (C=O) groups excluding carboxylic acids is 1. The van der Waals surface area contributed by atoms with Gasteiger partial charge in [0.25, 0.3) is 5.56 Å². The minimum atomic E-state index is -0.425. The van der Waals surface area contributed by atoms with Gasteiger partial charge in [0.05, 0.1) is 16.6 Å². The van der Waals surface area contributed by atoms with Gasteiger partial charge in [-0.15, -0.1) is 0 Å². The SMILES string of the molecule is O=C(C=Cc1cccc2nccnc12)c1c(-c2ccccc2)c2cc(Br)ccc2[nH]c1=O. The molecule has 0 saturated heterocycles. The van der Waals surface area contributed by atoms with Crippen LogP contribution in [0, 0.1) is 0 Å². The van der Waals surface area contributed by atoms with Crippen molar-refractivity contribution in [1.29, 1.82) is 0 Å². The Morgan fingerprint density at radius 2 is 1.75 bits per heavy atom. The van der Waals surface area contributed by atoms with Crippen LogP contribution in [0.3, 0.4) is 0 Å². The van der Waals surface area contributed by atoms with E-state index in [-0.39, 0.29) is 11.3 Å². The maximum Gasteiger partial charge on any atom is 0.260 e. The zero-order valence-corrected chi connectivity index (χ0v) is 18.3. The minimum Gasteiger partial charge on any atom is -0.321 e. The van der Waals surface area contributed by atoms with E-state index in [1.54, 1.807) is 18.5 Å². The predicted octanol–water partition coefficient (Wildman–Crippen LogP) is 5.80. The lowest BCUT2D eigenvalue weighted by Gasteiger charge is -2.12. The maximum absolute atomic E-state index is 13.3. The first-order valence-electron chi connectivity index (χ1n) is 9.95. The molecule has 0 bridgehead atoms. The molecule has 1 N–H and O–H groups in total. The highest BCUT2D eigenvalue weighted by Gasteiger charge is 2.19. The lowest BCUT2D eigenvalue weighted by molar-refractivity contribution is 0.104. The normalized spacial score (nSPS) is 11.4. The number of allylic oxidation sites excluding steroid dienone is 1. The molecule has 0 fully saturated rings. The summed E-state index contributed by atoms with van der Waals surface area (Å²) in [6, 6.07) is 20.6. The van der Waals surface area contributed by atoms with Gasteiger partial charge in [-0.1, -0.05) is 58.4 Å². The van der Waals surface area contributed by atoms with Crippen LogP contribution < -0.4 is 5.56 Å². The average Bonchev–Trinajstić information content (AvgIpc) is 2.82. The zero-order valence-electron chi connectivity index (χ0n) is 16.7. The van der Waals surface area contributed by atoms with E-state index in [0.717, 1.165) is 26.5 Å². The second-order valence-corrected chi connectivity index (χ2v) is 8.14. The Balaban J connectivity index is 1.70. The average molecular weight is 482 g/mol. The van der Waals surface area contributed by atoms with Gasteiger partial charge in [-0.2, -0.15) is 0 Å². The highest BCUT2D eigenvalue weighted by molar-refractivity contribution is 9.10. The second-order valence-electron chi connectivity index (χ2n) is 7.23. The molecule has 154 valence electrons. The maximum atomic E-state index is 13.3. The van der Waals surface area contributed by atoms with Crippen molar-refractivity contribution in [2.24, 2.45) is 0 Å². The number of hydrogen-bond acceptors (Lipinski definition) is 4. The molecule has 0 amide bonds. The molecular formula is C26H16BrN3O2. The molecule has 5 nitrogen and oxygen atoms in total. The Kier molecular flexibility index (Phi) is 5.21. The molecule has 0 atom stereocenters. The molecular weight excluding hydrogens is 466 g/mol. The van der Waals surface area contributed by atoms with Gasteiger partial charge in [-0.25, -0.2) is 0 Å². The number of aromatic amines is 1. The Hall–Kier alpha value is -3.90. The third-order valence-corrected chi connectivity index (χ3v) is 5.72. The van der Waals surface area contributed by atoms with Gasteiger partial charge in [-0.05, 0) is 42.0 Å². The molecule has 32 heavy (non-hydrogen) atoms. The number of pyridine rings is 1. The van der Waals surface area contributed by atoms with Crippen molar-refractivity contribution in [2.45, 2.75) is 0 Å². The van der Waals surface area contributed by atoms with Gasteiger partial charge >= 0.3 is 0 Å². The van der Waals surface area contributed by atoms with Gasteiger partial charge < -0.3 is 4.98 Å². The molecule has 0 spiro atoms. The molecule has 2 aromatic heterocycles. The number of hydrogen-bond donors (Lipinski definition) is 1. The van der Waals surface area contributed by atoms with Crippen LogP contribution in [0.5, 0.6) is 0 Å². The second kappa shape index (κ2) is 8.32. The van der Waals surface area contributed by atoms with Gasteiger partial charge in [0, 0.05) is 38.9 Å². The third kappa shape index (κ3) is 3.65. The van der Waals surface area contributed by atoms with Gasteiger partial charge in [0.15, 0.2) is 5.78 Å². The fourth-order valence-corrected chi connectivity index (χ4v) is 4.16. The highest BCUT2D eigenvalue weighted by Crippen LogP contribution is 2.31. The summed E-state index contributed by atoms with van der Waals surface area (Å²) < 4.78 is 0.859. The number of nitrogens with one attached hydrogen (secondary N) is 1. The standard InChI is InChI=1S/C26H16BrN3O2/c27-18-10-11-20-19(15-18)23(16-5-2-1-3-6-16)24(26(32)30-20)22(31)12-9-17-7-4-8-21-25(17)29-14-13-28-21/h1-15H,(H,30,32). The minimum absolute atomic E-state index is 0.101. The van der Waals surface area contributed by atoms with E-state index in [4.69, 9.17) is 0 Å². The number of rotatable bonds is 4. The molecule has 0 unspecified atom stereocenters. The Morgan fingerprint density at radius 1 is 0.938 bits per heavy atom. The van der Waals surface area contributed by atoms with Gasteiger partial charge in [0.2, 0.25) is 0 Å². The van der Waals surface area contributed by atoms with Crippen molar-refractivity contribution in [3.8, 4) is 11.1 Å². The highest BCUT2D eigenvalue weighted by atomic mass is 79.9. The van der Waals surface area contributed by atoms with Crippen molar-refractivity contribution in [2.75, 3.05) is 0 Å². The summed E-state index contributed by atoms with van der Waals surface area (Å²) in [6.45, 7) is 0. The van der Waals surface area contributed by atoms with Crippen LogP contribution in [-0.2, 0) is 0 Å². The first-order valence-corrected chi connectivity index (χ1v) is 10.7. The van der Waals surface area contributed by atoms with Gasteiger partial charge in [-0.3, -0.25) is 19.6 Å². The number of carbonyl (C=O) groups is 1. The number of nitrogens with zero attached hydrogens (tertiary/aromatic N) is 2. The van der Waals surface area contributed by atoms with Crippen molar-refractivity contribution < 1.29 is 4.79 Å². The summed E-state index contributed by atoms with van der Waals surface area (Å²) in [5.41, 5.74) is 3.94. The van der Waals surface area contributed by atoms with E-state index in [0.29, 0.717) is 16.6 Å². The fraction of sp³-hybridized carbons (Fsp3) is 0. The molecule has 0 aliphatic rings. The summed E-state index contributed by atoms with van der Waals surface area (Å²) in [5.74, 6) is -0.382. The van der Waals surface area contributed by atoms with E-state index in [1.165, 1.54) is 6.08 Å². The van der Waals surface area contributed by atoms with Crippen molar-refractivity contribution in [3.05, 3.63) is 111 Å². The molecule has 0 aliphatic carbocycles. The lowest BCUT2D eigenvalue weighted by atomic mass is 9.94. The predicted molar refractivity (Wildman–Crippen MR) is 131 cm³/mol. The molecule has 6 heteroatoms. The van der Waals surface area contributed by atoms with Crippen LogP contribution in [0.2, 0.25) is 0 Å². The topological polar surface area (TPSA) is 75.7 Å². The van der Waals surface area contributed by atoms with E-state index < -0.39 is 5.56 Å². The van der Waals surface area contributed by atoms with Crippen molar-refractivity contribution in [1.82, 2.24) is 15.0 Å². The molecule has 0 saturated carbocycles. The zero-order chi connectivity index (χ0) is 22.1. The van der Waals surface area contributed by atoms with Crippen LogP contribution in [0.4, 0.5) is 0 Å². The molecule has 0 aliphatic heterocycles. The monoisotopic (exact) mass is 481 g/mol. The van der Waals surface area contributed by atoms with E-state index in [9.17, 15) is 9.59 Å². The van der Waals surface area contributed by atoms with Crippen LogP contribution in [-0.4, -0.2) is 20.7 Å². The lowest BCUT2D eigenvalue weighted by Crippen LogP contribution is -2.18. The number of benzene rings is 3. The largest absolute Gasteiger partial charge is 0.321 e. The Labute approximate surface area is 191 Å². The summed E-state index contributed by atoms with van der Waals surface area (Å²) >= 11 is 3.50. The molecule has 2 heterocycles. The number of H-pyrrole nitrogens is 1. The molecule has 5 rings (SSSR count). The Bertz CT molecular complexity index is 1570. The number of para-hydroxylation sites is 1. The first-order chi connectivity index (χ1) is 15.6. The molecule has 0 radical (unpaired) electrons. The van der Waals surface area contributed by atoms with Gasteiger partial charge in [0.1, 0.15) is 0 Å². The van der Waals surface area contributed by atoms with Crippen LogP contribution in [0.1, 0.15) is 15.9 Å². The van der Waals surface area contributed by atoms with Crippen molar-refractivity contribution >= 4 is 49.7 Å². The summed E-state index contributed by atoms with van der Waals surface area (Å²) in [5, 5.41) is 0.790. The number of aromatic nitrogens is 3. The van der Waals surface area contributed by atoms with Crippen molar-refractivity contribution in [3.63, 3.8) is 0 Å². The van der Waals surface area contributed by atoms with Crippen LogP contribution in [0.25, 0.3) is 39.1 Å². The van der Waals surface area contributed by atoms with E-state index in [1.807, 2.05) is 66.7 Å². The quantitative estimate of drug-likeness (QED) is 0.260. The third-order valence-electron chi connectivity index (χ3n) is 5.23. The van der Waals surface area contributed by atoms with E-state index >= 15 is 0 Å². The fourth-order valence-electron chi connectivity index (χ4n) is 3.80. The summed E-state index contributed by atoms with van der Waals surface area (Å²) in [7, 11) is 0. The van der Waals surface area contributed by atoms with Crippen LogP contribution >= 0.6 is 15.9 Å². The van der Waals surface area contributed by atoms with E-state index in [2.05, 4.69) is 30.9 Å². The Morgan fingerprint density at radius 3 is 2.59 bits per heavy atom. The molecule has 3 aromatic carbocycles. The summed E-state index contributed by atoms with van der Waals surface area (Å²) in [4.78, 5) is 37.9. The van der Waals surface area contributed by atoms with Crippen LogP contribution in [0.15, 0.2) is 94.5 Å². The number of halogens is 1. The first kappa shape index (κ1) is 20.0. The number of fused-ring (bicyclic) bond motifs is 2. The summed E-state index contributed by atoms with van der Waals surface area (Å²) in [6.07, 6.45) is 6.34.